The van der Waals surface area contributed by atoms with Crippen LogP contribution in [0.15, 0.2) is 42.5 Å². The molecule has 0 aliphatic carbocycles. The molecule has 0 fully saturated rings. The molecular formula is C16H17ClN2OS. The minimum Gasteiger partial charge on any atom is -0.497 e. The van der Waals surface area contributed by atoms with E-state index in [1.807, 2.05) is 42.5 Å². The predicted octanol–water partition coefficient (Wildman–Crippen LogP) is 4.16. The minimum atomic E-state index is 0.0592. The summed E-state index contributed by atoms with van der Waals surface area (Å²) in [5.74, 6) is 0.746. The van der Waals surface area contributed by atoms with Crippen LogP contribution in [-0.4, -0.2) is 12.1 Å². The summed E-state index contributed by atoms with van der Waals surface area (Å²) in [5, 5.41) is 4.11. The number of halogens is 1. The van der Waals surface area contributed by atoms with E-state index >= 15 is 0 Å². The molecule has 0 aliphatic heterocycles. The van der Waals surface area contributed by atoms with Crippen molar-refractivity contribution in [3.8, 4) is 5.75 Å². The van der Waals surface area contributed by atoms with Gasteiger partial charge in [0.15, 0.2) is 0 Å². The van der Waals surface area contributed by atoms with Crippen LogP contribution in [0.1, 0.15) is 24.1 Å². The summed E-state index contributed by atoms with van der Waals surface area (Å²) >= 11 is 11.1. The number of methoxy groups -OCH3 is 1. The Labute approximate surface area is 135 Å². The van der Waals surface area contributed by atoms with Crippen molar-refractivity contribution in [3.05, 3.63) is 58.6 Å². The van der Waals surface area contributed by atoms with E-state index in [4.69, 9.17) is 34.3 Å². The van der Waals surface area contributed by atoms with E-state index in [2.05, 4.69) is 12.2 Å². The first-order valence-electron chi connectivity index (χ1n) is 6.51. The average molecular weight is 321 g/mol. The van der Waals surface area contributed by atoms with Crippen LogP contribution in [0.2, 0.25) is 5.02 Å². The predicted molar refractivity (Wildman–Crippen MR) is 92.4 cm³/mol. The third-order valence-electron chi connectivity index (χ3n) is 3.21. The molecule has 5 heteroatoms. The largest absolute Gasteiger partial charge is 0.497 e. The fraction of sp³-hybridized carbons (Fsp3) is 0.188. The molecule has 2 aromatic carbocycles. The van der Waals surface area contributed by atoms with Crippen molar-refractivity contribution in [3.63, 3.8) is 0 Å². The fourth-order valence-corrected chi connectivity index (χ4v) is 2.45. The Bertz CT molecular complexity index is 660. The zero-order valence-corrected chi connectivity index (χ0v) is 13.5. The average Bonchev–Trinajstić information content (AvgIpc) is 2.46. The van der Waals surface area contributed by atoms with E-state index in [9.17, 15) is 0 Å². The van der Waals surface area contributed by atoms with Crippen LogP contribution in [0.3, 0.4) is 0 Å². The lowest BCUT2D eigenvalue weighted by Crippen LogP contribution is -2.15. The molecule has 0 saturated heterocycles. The van der Waals surface area contributed by atoms with Gasteiger partial charge in [-0.15, -0.1) is 0 Å². The maximum Gasteiger partial charge on any atom is 0.120 e. The number of hydrogen-bond acceptors (Lipinski definition) is 3. The van der Waals surface area contributed by atoms with Gasteiger partial charge in [0.1, 0.15) is 10.7 Å². The van der Waals surface area contributed by atoms with E-state index in [1.54, 1.807) is 7.11 Å². The number of nitrogens with two attached hydrogens (primary N) is 1. The second-order valence-corrected chi connectivity index (χ2v) is 5.57. The van der Waals surface area contributed by atoms with Gasteiger partial charge in [-0.25, -0.2) is 0 Å². The van der Waals surface area contributed by atoms with E-state index in [-0.39, 0.29) is 6.04 Å². The Morgan fingerprint density at radius 1 is 1.29 bits per heavy atom. The van der Waals surface area contributed by atoms with Crippen molar-refractivity contribution in [2.24, 2.45) is 5.73 Å². The van der Waals surface area contributed by atoms with Crippen LogP contribution in [0, 0.1) is 0 Å². The molecule has 0 spiro atoms. The first-order chi connectivity index (χ1) is 10.0. The fourth-order valence-electron chi connectivity index (χ4n) is 2.08. The van der Waals surface area contributed by atoms with Crippen LogP contribution >= 0.6 is 23.8 Å². The molecule has 0 aromatic heterocycles. The molecule has 2 aromatic rings. The summed E-state index contributed by atoms with van der Waals surface area (Å²) < 4.78 is 5.25. The summed E-state index contributed by atoms with van der Waals surface area (Å²) in [6, 6.07) is 13.4. The van der Waals surface area contributed by atoms with E-state index in [1.165, 1.54) is 0 Å². The second kappa shape index (κ2) is 6.78. The topological polar surface area (TPSA) is 47.3 Å². The molecule has 1 atom stereocenters. The zero-order chi connectivity index (χ0) is 15.4. The van der Waals surface area contributed by atoms with Gasteiger partial charge in [-0.1, -0.05) is 36.0 Å². The van der Waals surface area contributed by atoms with Crippen molar-refractivity contribution < 1.29 is 4.74 Å². The monoisotopic (exact) mass is 320 g/mol. The summed E-state index contributed by atoms with van der Waals surface area (Å²) in [7, 11) is 1.62. The van der Waals surface area contributed by atoms with Crippen molar-refractivity contribution in [2.75, 3.05) is 12.4 Å². The Morgan fingerprint density at radius 2 is 2.05 bits per heavy atom. The van der Waals surface area contributed by atoms with E-state index < -0.39 is 0 Å². The SMILES string of the molecule is COc1ccc(C(N)=S)c(NC(C)c2cccc(Cl)c2)c1. The number of ether oxygens (including phenoxy) is 1. The van der Waals surface area contributed by atoms with Gasteiger partial charge in [-0.2, -0.15) is 0 Å². The number of benzene rings is 2. The maximum atomic E-state index is 6.03. The van der Waals surface area contributed by atoms with Crippen LogP contribution < -0.4 is 15.8 Å². The number of nitrogens with one attached hydrogen (secondary N) is 1. The van der Waals surface area contributed by atoms with Crippen molar-refractivity contribution in [1.29, 1.82) is 0 Å². The van der Waals surface area contributed by atoms with Gasteiger partial charge in [-0.05, 0) is 36.8 Å². The summed E-state index contributed by atoms with van der Waals surface area (Å²) in [5.41, 5.74) is 8.49. The Morgan fingerprint density at radius 3 is 2.67 bits per heavy atom. The first kappa shape index (κ1) is 15.6. The quantitative estimate of drug-likeness (QED) is 0.812. The molecule has 3 N–H and O–H groups in total. The zero-order valence-electron chi connectivity index (χ0n) is 11.9. The summed E-state index contributed by atoms with van der Waals surface area (Å²) in [4.78, 5) is 0.346. The number of anilines is 1. The van der Waals surface area contributed by atoms with Crippen LogP contribution in [0.4, 0.5) is 5.69 Å². The van der Waals surface area contributed by atoms with Crippen LogP contribution in [0.5, 0.6) is 5.75 Å². The molecule has 21 heavy (non-hydrogen) atoms. The van der Waals surface area contributed by atoms with Crippen LogP contribution in [0.25, 0.3) is 0 Å². The van der Waals surface area contributed by atoms with Gasteiger partial charge >= 0.3 is 0 Å². The smallest absolute Gasteiger partial charge is 0.120 e. The van der Waals surface area contributed by atoms with Gasteiger partial charge in [0.2, 0.25) is 0 Å². The lowest BCUT2D eigenvalue weighted by molar-refractivity contribution is 0.415. The van der Waals surface area contributed by atoms with Gasteiger partial charge in [0, 0.05) is 28.4 Å². The third kappa shape index (κ3) is 3.86. The highest BCUT2D eigenvalue weighted by atomic mass is 35.5. The first-order valence-corrected chi connectivity index (χ1v) is 7.29. The molecule has 0 bridgehead atoms. The highest BCUT2D eigenvalue weighted by Crippen LogP contribution is 2.27. The Hall–Kier alpha value is -1.78. The standard InChI is InChI=1S/C16H17ClN2OS/c1-10(11-4-3-5-12(17)8-11)19-15-9-13(20-2)6-7-14(15)16(18)21/h3-10,19H,1-2H3,(H2,18,21). The van der Waals surface area contributed by atoms with Gasteiger partial charge in [-0.3, -0.25) is 0 Å². The molecule has 0 heterocycles. The normalized spacial score (nSPS) is 11.8. The second-order valence-electron chi connectivity index (χ2n) is 4.70. The molecule has 1 unspecified atom stereocenters. The van der Waals surface area contributed by atoms with Gasteiger partial charge in [0.05, 0.1) is 7.11 Å². The lowest BCUT2D eigenvalue weighted by atomic mass is 10.1. The van der Waals surface area contributed by atoms with E-state index in [0.29, 0.717) is 10.0 Å². The molecular weight excluding hydrogens is 304 g/mol. The Kier molecular flexibility index (Phi) is 5.04. The molecule has 0 aliphatic rings. The highest BCUT2D eigenvalue weighted by Gasteiger charge is 2.11. The maximum absolute atomic E-state index is 6.03. The molecule has 0 radical (unpaired) electrons. The van der Waals surface area contributed by atoms with Crippen molar-refractivity contribution >= 4 is 34.5 Å². The third-order valence-corrected chi connectivity index (χ3v) is 3.67. The van der Waals surface area contributed by atoms with Gasteiger partial charge in [0.25, 0.3) is 0 Å². The summed E-state index contributed by atoms with van der Waals surface area (Å²) in [6.45, 7) is 2.05. The highest BCUT2D eigenvalue weighted by molar-refractivity contribution is 7.80. The number of thiocarbonyl (C=S) groups is 1. The van der Waals surface area contributed by atoms with Gasteiger partial charge < -0.3 is 15.8 Å². The molecule has 0 saturated carbocycles. The number of hydrogen-bond donors (Lipinski definition) is 2. The molecule has 2 rings (SSSR count). The lowest BCUT2D eigenvalue weighted by Gasteiger charge is -2.19. The molecule has 110 valence electrons. The molecule has 0 amide bonds. The van der Waals surface area contributed by atoms with Crippen molar-refractivity contribution in [1.82, 2.24) is 0 Å². The van der Waals surface area contributed by atoms with E-state index in [0.717, 1.165) is 22.6 Å². The van der Waals surface area contributed by atoms with Crippen molar-refractivity contribution in [2.45, 2.75) is 13.0 Å². The van der Waals surface area contributed by atoms with Crippen LogP contribution in [-0.2, 0) is 0 Å². The summed E-state index contributed by atoms with van der Waals surface area (Å²) in [6.07, 6.45) is 0. The number of rotatable bonds is 5. The molecule has 3 nitrogen and oxygen atoms in total. The minimum absolute atomic E-state index is 0.0592. The Balaban J connectivity index is 2.31.